The fourth-order valence-corrected chi connectivity index (χ4v) is 2.54. The Morgan fingerprint density at radius 1 is 1.50 bits per heavy atom. The van der Waals surface area contributed by atoms with E-state index >= 15 is 0 Å². The number of aromatic nitrogens is 1. The van der Waals surface area contributed by atoms with Crippen molar-refractivity contribution in [2.45, 2.75) is 45.1 Å². The van der Waals surface area contributed by atoms with Crippen LogP contribution < -0.4 is 4.90 Å². The molecule has 0 amide bonds. The van der Waals surface area contributed by atoms with Crippen molar-refractivity contribution in [1.82, 2.24) is 4.98 Å². The van der Waals surface area contributed by atoms with Crippen LogP contribution in [0.1, 0.15) is 39.0 Å². The first-order valence-electron chi connectivity index (χ1n) is 6.19. The van der Waals surface area contributed by atoms with Crippen LogP contribution in [0.25, 0.3) is 0 Å². The van der Waals surface area contributed by atoms with Gasteiger partial charge in [0, 0.05) is 30.5 Å². The Balaban J connectivity index is 2.16. The zero-order chi connectivity index (χ0) is 11.4. The van der Waals surface area contributed by atoms with Crippen molar-refractivity contribution < 1.29 is 4.39 Å². The minimum Gasteiger partial charge on any atom is -0.368 e. The van der Waals surface area contributed by atoms with E-state index < -0.39 is 0 Å². The van der Waals surface area contributed by atoms with Gasteiger partial charge in [-0.1, -0.05) is 13.3 Å². The number of rotatable bonds is 3. The summed E-state index contributed by atoms with van der Waals surface area (Å²) in [5.74, 6) is -0.377. The number of pyridine rings is 1. The van der Waals surface area contributed by atoms with Gasteiger partial charge in [0.2, 0.25) is 5.95 Å². The van der Waals surface area contributed by atoms with Crippen LogP contribution in [0.15, 0.2) is 18.3 Å². The molecule has 1 aliphatic heterocycles. The van der Waals surface area contributed by atoms with E-state index in [1.165, 1.54) is 32.1 Å². The molecule has 2 rings (SSSR count). The molecule has 1 unspecified atom stereocenters. The van der Waals surface area contributed by atoms with Crippen molar-refractivity contribution >= 4 is 5.69 Å². The van der Waals surface area contributed by atoms with Crippen LogP contribution in [0.3, 0.4) is 0 Å². The monoisotopic (exact) mass is 222 g/mol. The van der Waals surface area contributed by atoms with Crippen LogP contribution in [0.2, 0.25) is 0 Å². The second-order valence-corrected chi connectivity index (χ2v) is 4.47. The molecule has 1 atom stereocenters. The van der Waals surface area contributed by atoms with Gasteiger partial charge >= 0.3 is 0 Å². The highest BCUT2D eigenvalue weighted by atomic mass is 19.1. The Morgan fingerprint density at radius 2 is 2.38 bits per heavy atom. The first kappa shape index (κ1) is 11.4. The van der Waals surface area contributed by atoms with Gasteiger partial charge in [0.05, 0.1) is 0 Å². The fraction of sp³-hybridized carbons (Fsp3) is 0.615. The average molecular weight is 222 g/mol. The molecule has 16 heavy (non-hydrogen) atoms. The van der Waals surface area contributed by atoms with Gasteiger partial charge in [0.25, 0.3) is 0 Å². The molecular formula is C13H19FN2. The van der Waals surface area contributed by atoms with Gasteiger partial charge in [0.1, 0.15) is 0 Å². The third-order valence-corrected chi connectivity index (χ3v) is 3.29. The Bertz CT molecular complexity index is 338. The van der Waals surface area contributed by atoms with Crippen LogP contribution in [-0.4, -0.2) is 17.6 Å². The number of nitrogens with zero attached hydrogens (tertiary/aromatic N) is 2. The summed E-state index contributed by atoms with van der Waals surface area (Å²) in [6.07, 6.45) is 7.69. The summed E-state index contributed by atoms with van der Waals surface area (Å²) in [6.45, 7) is 3.26. The molecule has 1 saturated heterocycles. The first-order valence-corrected chi connectivity index (χ1v) is 6.19. The average Bonchev–Trinajstić information content (AvgIpc) is 2.30. The molecule has 2 heterocycles. The number of piperidine rings is 1. The zero-order valence-electron chi connectivity index (χ0n) is 9.82. The molecule has 0 saturated carbocycles. The third-order valence-electron chi connectivity index (χ3n) is 3.29. The molecular weight excluding hydrogens is 203 g/mol. The SMILES string of the molecule is CCCC1CCCCN1c1ccnc(F)c1. The summed E-state index contributed by atoms with van der Waals surface area (Å²) in [5, 5.41) is 0. The minimum atomic E-state index is -0.377. The van der Waals surface area contributed by atoms with E-state index in [4.69, 9.17) is 0 Å². The van der Waals surface area contributed by atoms with Gasteiger partial charge in [-0.2, -0.15) is 4.39 Å². The van der Waals surface area contributed by atoms with Crippen molar-refractivity contribution in [3.63, 3.8) is 0 Å². The molecule has 3 heteroatoms. The number of anilines is 1. The maximum atomic E-state index is 13.1. The highest BCUT2D eigenvalue weighted by Crippen LogP contribution is 2.27. The van der Waals surface area contributed by atoms with Gasteiger partial charge in [-0.15, -0.1) is 0 Å². The van der Waals surface area contributed by atoms with E-state index in [1.807, 2.05) is 6.07 Å². The zero-order valence-corrected chi connectivity index (χ0v) is 9.82. The maximum Gasteiger partial charge on any atom is 0.214 e. The molecule has 2 nitrogen and oxygen atoms in total. The summed E-state index contributed by atoms with van der Waals surface area (Å²) in [4.78, 5) is 5.96. The van der Waals surface area contributed by atoms with Gasteiger partial charge in [-0.05, 0) is 31.7 Å². The summed E-state index contributed by atoms with van der Waals surface area (Å²) >= 11 is 0. The normalized spacial score (nSPS) is 21.1. The largest absolute Gasteiger partial charge is 0.368 e. The topological polar surface area (TPSA) is 16.1 Å². The number of hydrogen-bond donors (Lipinski definition) is 0. The molecule has 0 radical (unpaired) electrons. The van der Waals surface area contributed by atoms with Gasteiger partial charge in [-0.3, -0.25) is 0 Å². The Morgan fingerprint density at radius 3 is 3.12 bits per heavy atom. The highest BCUT2D eigenvalue weighted by Gasteiger charge is 2.21. The van der Waals surface area contributed by atoms with Crippen molar-refractivity contribution in [1.29, 1.82) is 0 Å². The Labute approximate surface area is 96.5 Å². The van der Waals surface area contributed by atoms with Crippen molar-refractivity contribution in [2.24, 2.45) is 0 Å². The van der Waals surface area contributed by atoms with Crippen molar-refractivity contribution in [3.8, 4) is 0 Å². The van der Waals surface area contributed by atoms with Gasteiger partial charge < -0.3 is 4.90 Å². The third kappa shape index (κ3) is 2.52. The molecule has 0 aliphatic carbocycles. The molecule has 0 N–H and O–H groups in total. The highest BCUT2D eigenvalue weighted by molar-refractivity contribution is 5.46. The van der Waals surface area contributed by atoms with Crippen molar-refractivity contribution in [2.75, 3.05) is 11.4 Å². The van der Waals surface area contributed by atoms with Crippen LogP contribution >= 0.6 is 0 Å². The standard InChI is InChI=1S/C13H19FN2/c1-2-5-11-6-3-4-9-16(11)12-7-8-15-13(14)10-12/h7-8,10-11H,2-6,9H2,1H3. The predicted octanol–water partition coefficient (Wildman–Crippen LogP) is 3.38. The van der Waals surface area contributed by atoms with E-state index in [1.54, 1.807) is 12.3 Å². The molecule has 0 aromatic carbocycles. The second-order valence-electron chi connectivity index (χ2n) is 4.47. The Kier molecular flexibility index (Phi) is 3.75. The molecule has 1 aliphatic rings. The van der Waals surface area contributed by atoms with E-state index in [9.17, 15) is 4.39 Å². The lowest BCUT2D eigenvalue weighted by molar-refractivity contribution is 0.433. The van der Waals surface area contributed by atoms with E-state index in [2.05, 4.69) is 16.8 Å². The molecule has 1 aromatic rings. The summed E-state index contributed by atoms with van der Waals surface area (Å²) in [6, 6.07) is 4.05. The van der Waals surface area contributed by atoms with Crippen molar-refractivity contribution in [3.05, 3.63) is 24.3 Å². The van der Waals surface area contributed by atoms with E-state index in [0.717, 1.165) is 12.2 Å². The quantitative estimate of drug-likeness (QED) is 0.729. The van der Waals surface area contributed by atoms with Crippen LogP contribution in [0, 0.1) is 5.95 Å². The number of halogens is 1. The number of hydrogen-bond acceptors (Lipinski definition) is 2. The Hall–Kier alpha value is -1.12. The molecule has 88 valence electrons. The lowest BCUT2D eigenvalue weighted by atomic mass is 9.97. The smallest absolute Gasteiger partial charge is 0.214 e. The summed E-state index contributed by atoms with van der Waals surface area (Å²) in [7, 11) is 0. The summed E-state index contributed by atoms with van der Waals surface area (Å²) in [5.41, 5.74) is 0.991. The van der Waals surface area contributed by atoms with E-state index in [0.29, 0.717) is 6.04 Å². The van der Waals surface area contributed by atoms with Crippen LogP contribution in [0.4, 0.5) is 10.1 Å². The fourth-order valence-electron chi connectivity index (χ4n) is 2.54. The van der Waals surface area contributed by atoms with E-state index in [-0.39, 0.29) is 5.95 Å². The van der Waals surface area contributed by atoms with Gasteiger partial charge in [-0.25, -0.2) is 4.98 Å². The molecule has 0 spiro atoms. The first-order chi connectivity index (χ1) is 7.81. The second kappa shape index (κ2) is 5.28. The minimum absolute atomic E-state index is 0.377. The molecule has 0 bridgehead atoms. The maximum absolute atomic E-state index is 13.1. The lowest BCUT2D eigenvalue weighted by Crippen LogP contribution is -2.39. The lowest BCUT2D eigenvalue weighted by Gasteiger charge is -2.37. The van der Waals surface area contributed by atoms with Gasteiger partial charge in [0.15, 0.2) is 0 Å². The van der Waals surface area contributed by atoms with Crippen LogP contribution in [0.5, 0.6) is 0 Å². The molecule has 1 aromatic heterocycles. The predicted molar refractivity (Wildman–Crippen MR) is 64.1 cm³/mol. The summed E-state index contributed by atoms with van der Waals surface area (Å²) < 4.78 is 13.1. The molecule has 1 fully saturated rings. The van der Waals surface area contributed by atoms with Crippen LogP contribution in [-0.2, 0) is 0 Å².